The fourth-order valence-corrected chi connectivity index (χ4v) is 1.78. The van der Waals surface area contributed by atoms with Gasteiger partial charge in [-0.3, -0.25) is 4.79 Å². The first-order valence-corrected chi connectivity index (χ1v) is 6.57. The van der Waals surface area contributed by atoms with E-state index in [4.69, 9.17) is 5.73 Å². The first-order chi connectivity index (χ1) is 6.37. The Morgan fingerprint density at radius 2 is 2.07 bits per heavy atom. The van der Waals surface area contributed by atoms with E-state index in [1.807, 2.05) is 0 Å². The third-order valence-corrected chi connectivity index (χ3v) is 3.23. The third-order valence-electron chi connectivity index (χ3n) is 2.44. The molecule has 0 radical (unpaired) electrons. The monoisotopic (exact) mass is 220 g/mol. The summed E-state index contributed by atoms with van der Waals surface area (Å²) in [4.78, 5) is 11.1. The molecule has 1 saturated carbocycles. The van der Waals surface area contributed by atoms with E-state index in [1.54, 1.807) is 0 Å². The highest BCUT2D eigenvalue weighted by molar-refractivity contribution is 7.91. The predicted molar refractivity (Wildman–Crippen MR) is 53.4 cm³/mol. The number of rotatable bonds is 5. The molecule has 0 aromatic heterocycles. The van der Waals surface area contributed by atoms with Crippen molar-refractivity contribution in [3.8, 4) is 0 Å². The van der Waals surface area contributed by atoms with Crippen molar-refractivity contribution in [3.63, 3.8) is 0 Å². The van der Waals surface area contributed by atoms with E-state index < -0.39 is 21.5 Å². The first-order valence-electron chi connectivity index (χ1n) is 4.51. The molecule has 3 N–H and O–H groups in total. The number of nitrogens with one attached hydrogen (secondary N) is 1. The van der Waals surface area contributed by atoms with Gasteiger partial charge in [0.2, 0.25) is 5.91 Å². The Morgan fingerprint density at radius 1 is 1.50 bits per heavy atom. The van der Waals surface area contributed by atoms with Crippen molar-refractivity contribution in [2.45, 2.75) is 12.8 Å². The molecule has 0 aliphatic heterocycles. The topological polar surface area (TPSA) is 89.3 Å². The molecule has 1 rings (SSSR count). The van der Waals surface area contributed by atoms with Gasteiger partial charge in [-0.2, -0.15) is 0 Å². The van der Waals surface area contributed by atoms with Gasteiger partial charge in [0.1, 0.15) is 5.75 Å². The maximum Gasteiger partial charge on any atom is 0.235 e. The molecule has 0 atom stereocenters. The Morgan fingerprint density at radius 3 is 2.43 bits per heavy atom. The maximum atomic E-state index is 11.1. The molecule has 5 nitrogen and oxygen atoms in total. The molecule has 0 heterocycles. The van der Waals surface area contributed by atoms with Crippen LogP contribution >= 0.6 is 0 Å². The highest BCUT2D eigenvalue weighted by Crippen LogP contribution is 2.43. The molecule has 0 unspecified atom stereocenters. The quantitative estimate of drug-likeness (QED) is 0.614. The van der Waals surface area contributed by atoms with Gasteiger partial charge in [-0.25, -0.2) is 8.42 Å². The zero-order valence-corrected chi connectivity index (χ0v) is 9.06. The van der Waals surface area contributed by atoms with Gasteiger partial charge in [0.05, 0.1) is 0 Å². The van der Waals surface area contributed by atoms with Crippen LogP contribution in [0.3, 0.4) is 0 Å². The molecule has 0 saturated heterocycles. The molecule has 0 aromatic rings. The molecule has 14 heavy (non-hydrogen) atoms. The van der Waals surface area contributed by atoms with Gasteiger partial charge >= 0.3 is 0 Å². The van der Waals surface area contributed by atoms with Gasteiger partial charge in [0, 0.05) is 12.8 Å². The molecule has 1 aliphatic rings. The van der Waals surface area contributed by atoms with Crippen LogP contribution in [0.15, 0.2) is 0 Å². The molecule has 0 aromatic carbocycles. The Bertz CT molecular complexity index is 319. The Kier molecular flexibility index (Phi) is 3.16. The Hall–Kier alpha value is -0.620. The molecule has 82 valence electrons. The predicted octanol–water partition coefficient (Wildman–Crippen LogP) is -1.11. The van der Waals surface area contributed by atoms with Gasteiger partial charge < -0.3 is 11.1 Å². The van der Waals surface area contributed by atoms with Gasteiger partial charge in [0.15, 0.2) is 9.84 Å². The second-order valence-corrected chi connectivity index (χ2v) is 6.19. The van der Waals surface area contributed by atoms with E-state index >= 15 is 0 Å². The maximum absolute atomic E-state index is 11.1. The summed E-state index contributed by atoms with van der Waals surface area (Å²) < 4.78 is 21.5. The van der Waals surface area contributed by atoms with Crippen LogP contribution in [0, 0.1) is 5.41 Å². The lowest BCUT2D eigenvalue weighted by Gasteiger charge is -2.12. The Balaban J connectivity index is 2.29. The van der Waals surface area contributed by atoms with Crippen LogP contribution in [0.25, 0.3) is 0 Å². The van der Waals surface area contributed by atoms with E-state index in [9.17, 15) is 13.2 Å². The zero-order chi connectivity index (χ0) is 10.8. The largest absolute Gasteiger partial charge is 0.355 e. The number of sulfone groups is 1. The first kappa shape index (κ1) is 11.5. The van der Waals surface area contributed by atoms with Crippen LogP contribution in [0.5, 0.6) is 0 Å². The smallest absolute Gasteiger partial charge is 0.235 e. The molecule has 0 spiro atoms. The van der Waals surface area contributed by atoms with Gasteiger partial charge in [-0.15, -0.1) is 0 Å². The number of amides is 1. The second kappa shape index (κ2) is 3.86. The minimum Gasteiger partial charge on any atom is -0.355 e. The van der Waals surface area contributed by atoms with Crippen LogP contribution in [0.1, 0.15) is 12.8 Å². The zero-order valence-electron chi connectivity index (χ0n) is 8.25. The lowest BCUT2D eigenvalue weighted by Crippen LogP contribution is -2.36. The molecule has 1 amide bonds. The van der Waals surface area contributed by atoms with Gasteiger partial charge in [-0.1, -0.05) is 0 Å². The molecule has 1 fully saturated rings. The molecule has 6 heteroatoms. The fourth-order valence-electron chi connectivity index (χ4n) is 1.21. The van der Waals surface area contributed by atoms with E-state index in [-0.39, 0.29) is 5.41 Å². The minimum absolute atomic E-state index is 0.0488. The molecule has 0 bridgehead atoms. The lowest BCUT2D eigenvalue weighted by atomic mass is 10.1. The van der Waals surface area contributed by atoms with E-state index in [2.05, 4.69) is 5.32 Å². The van der Waals surface area contributed by atoms with E-state index in [0.29, 0.717) is 13.1 Å². The SMILES string of the molecule is CS(=O)(=O)CC(=O)NCC1(CN)CC1. The van der Waals surface area contributed by atoms with Gasteiger partial charge in [0.25, 0.3) is 0 Å². The van der Waals surface area contributed by atoms with E-state index in [1.165, 1.54) is 0 Å². The lowest BCUT2D eigenvalue weighted by molar-refractivity contribution is -0.118. The number of hydrogen-bond acceptors (Lipinski definition) is 4. The van der Waals surface area contributed by atoms with Gasteiger partial charge in [-0.05, 0) is 24.8 Å². The van der Waals surface area contributed by atoms with Crippen LogP contribution in [0.2, 0.25) is 0 Å². The summed E-state index contributed by atoms with van der Waals surface area (Å²) >= 11 is 0. The average Bonchev–Trinajstić information content (AvgIpc) is 2.78. The summed E-state index contributed by atoms with van der Waals surface area (Å²) in [6.07, 6.45) is 3.08. The second-order valence-electron chi connectivity index (χ2n) is 4.05. The van der Waals surface area contributed by atoms with Crippen molar-refractivity contribution in [3.05, 3.63) is 0 Å². The van der Waals surface area contributed by atoms with Crippen LogP contribution in [-0.4, -0.2) is 39.4 Å². The number of carbonyl (C=O) groups is 1. The Labute approximate surface area is 84.0 Å². The molecular weight excluding hydrogens is 204 g/mol. The third kappa shape index (κ3) is 3.63. The van der Waals surface area contributed by atoms with Crippen molar-refractivity contribution >= 4 is 15.7 Å². The van der Waals surface area contributed by atoms with Crippen LogP contribution in [-0.2, 0) is 14.6 Å². The highest BCUT2D eigenvalue weighted by atomic mass is 32.2. The van der Waals surface area contributed by atoms with Crippen molar-refractivity contribution in [2.75, 3.05) is 25.1 Å². The summed E-state index contributed by atoms with van der Waals surface area (Å²) in [5.41, 5.74) is 5.56. The molecule has 1 aliphatic carbocycles. The standard InChI is InChI=1S/C8H16N2O3S/c1-14(12,13)4-7(11)10-6-8(5-9)2-3-8/h2-6,9H2,1H3,(H,10,11). The van der Waals surface area contributed by atoms with Crippen LogP contribution in [0.4, 0.5) is 0 Å². The number of nitrogens with two attached hydrogens (primary N) is 1. The van der Waals surface area contributed by atoms with Crippen molar-refractivity contribution in [2.24, 2.45) is 11.1 Å². The summed E-state index contributed by atoms with van der Waals surface area (Å²) in [5, 5.41) is 2.59. The van der Waals surface area contributed by atoms with E-state index in [0.717, 1.165) is 19.1 Å². The summed E-state index contributed by atoms with van der Waals surface area (Å²) in [6.45, 7) is 1.05. The van der Waals surface area contributed by atoms with Crippen LogP contribution < -0.4 is 11.1 Å². The van der Waals surface area contributed by atoms with Crippen molar-refractivity contribution < 1.29 is 13.2 Å². The number of hydrogen-bond donors (Lipinski definition) is 2. The minimum atomic E-state index is -3.22. The summed E-state index contributed by atoms with van der Waals surface area (Å²) in [5.74, 6) is -0.875. The summed E-state index contributed by atoms with van der Waals surface area (Å²) in [6, 6.07) is 0. The van der Waals surface area contributed by atoms with Crippen molar-refractivity contribution in [1.82, 2.24) is 5.32 Å². The summed E-state index contributed by atoms with van der Waals surface area (Å²) in [7, 11) is -3.22. The number of carbonyl (C=O) groups excluding carboxylic acids is 1. The fraction of sp³-hybridized carbons (Fsp3) is 0.875. The average molecular weight is 220 g/mol. The molecular formula is C8H16N2O3S. The highest BCUT2D eigenvalue weighted by Gasteiger charge is 2.41. The normalized spacial score (nSPS) is 19.0. The van der Waals surface area contributed by atoms with Crippen molar-refractivity contribution in [1.29, 1.82) is 0 Å².